The van der Waals surface area contributed by atoms with Crippen molar-refractivity contribution < 1.29 is 19.1 Å². The van der Waals surface area contributed by atoms with E-state index in [2.05, 4.69) is 16.5 Å². The summed E-state index contributed by atoms with van der Waals surface area (Å²) in [4.78, 5) is 28.1. The van der Waals surface area contributed by atoms with Crippen molar-refractivity contribution in [3.8, 4) is 0 Å². The second kappa shape index (κ2) is 6.97. The van der Waals surface area contributed by atoms with Gasteiger partial charge in [0.2, 0.25) is 0 Å². The molecule has 1 N–H and O–H groups in total. The third kappa shape index (κ3) is 4.53. The van der Waals surface area contributed by atoms with E-state index in [4.69, 9.17) is 9.47 Å². The summed E-state index contributed by atoms with van der Waals surface area (Å²) < 4.78 is 12.0. The van der Waals surface area contributed by atoms with Crippen LogP contribution in [0.1, 0.15) is 56.4 Å². The number of nitrogens with one attached hydrogen (secondary N) is 1. The van der Waals surface area contributed by atoms with E-state index in [1.807, 2.05) is 37.4 Å². The van der Waals surface area contributed by atoms with Gasteiger partial charge in [-0.2, -0.15) is 0 Å². The molecule has 0 spiro atoms. The second-order valence-electron chi connectivity index (χ2n) is 7.64. The summed E-state index contributed by atoms with van der Waals surface area (Å²) in [6, 6.07) is 2.04. The highest BCUT2D eigenvalue weighted by Crippen LogP contribution is 2.40. The van der Waals surface area contributed by atoms with Gasteiger partial charge < -0.3 is 19.2 Å². The third-order valence-corrected chi connectivity index (χ3v) is 4.12. The fraction of sp³-hybridized carbons (Fsp3) is 0.526. The van der Waals surface area contributed by atoms with Gasteiger partial charge in [-0.05, 0) is 51.2 Å². The Bertz CT molecular complexity index is 831. The minimum absolute atomic E-state index is 0.177. The Morgan fingerprint density at radius 3 is 2.65 bits per heavy atom. The van der Waals surface area contributed by atoms with Crippen LogP contribution in [0, 0.1) is 0 Å². The molecule has 26 heavy (non-hydrogen) atoms. The largest absolute Gasteiger partial charge is 0.469 e. The van der Waals surface area contributed by atoms with Crippen LogP contribution in [0.15, 0.2) is 18.5 Å². The zero-order valence-corrected chi connectivity index (χ0v) is 15.7. The number of imidazole rings is 1. The first-order valence-electron chi connectivity index (χ1n) is 8.79. The molecule has 0 atom stereocenters. The molecule has 0 aromatic carbocycles. The van der Waals surface area contributed by atoms with Gasteiger partial charge in [0, 0.05) is 18.0 Å². The summed E-state index contributed by atoms with van der Waals surface area (Å²) in [5.41, 5.74) is 2.91. The fourth-order valence-corrected chi connectivity index (χ4v) is 2.80. The van der Waals surface area contributed by atoms with Crippen molar-refractivity contribution in [2.45, 2.75) is 58.1 Å². The van der Waals surface area contributed by atoms with Crippen molar-refractivity contribution >= 4 is 17.7 Å². The number of ether oxygens (including phenoxy) is 2. The van der Waals surface area contributed by atoms with Crippen LogP contribution in [-0.2, 0) is 27.2 Å². The van der Waals surface area contributed by atoms with Crippen molar-refractivity contribution in [3.63, 3.8) is 0 Å². The summed E-state index contributed by atoms with van der Waals surface area (Å²) in [5, 5.41) is 2.71. The van der Waals surface area contributed by atoms with E-state index in [9.17, 15) is 9.59 Å². The quantitative estimate of drug-likeness (QED) is 0.830. The minimum Gasteiger partial charge on any atom is -0.469 e. The van der Waals surface area contributed by atoms with Crippen LogP contribution in [0.3, 0.4) is 0 Å². The van der Waals surface area contributed by atoms with E-state index in [-0.39, 0.29) is 18.9 Å². The predicted molar refractivity (Wildman–Crippen MR) is 96.0 cm³/mol. The van der Waals surface area contributed by atoms with Gasteiger partial charge in [0.25, 0.3) is 0 Å². The van der Waals surface area contributed by atoms with Crippen molar-refractivity contribution in [1.29, 1.82) is 0 Å². The standard InChI is InChI=1S/C19H25N3O4/c1-19(2,3)26-18(24)20-9-15-11-22-10-14(12-5-6-12)7-13(17(22)21-15)8-16(23)25-4/h7,10-12H,5-6,8-9H2,1-4H3,(H,20,24). The van der Waals surface area contributed by atoms with E-state index < -0.39 is 11.7 Å². The van der Waals surface area contributed by atoms with E-state index in [1.54, 1.807) is 0 Å². The molecule has 140 valence electrons. The summed E-state index contributed by atoms with van der Waals surface area (Å²) in [6.45, 7) is 5.70. The number of carbonyl (C=O) groups is 2. The highest BCUT2D eigenvalue weighted by atomic mass is 16.6. The van der Waals surface area contributed by atoms with Gasteiger partial charge in [-0.1, -0.05) is 0 Å². The average Bonchev–Trinajstić information content (AvgIpc) is 3.31. The molecular weight excluding hydrogens is 334 g/mol. The number of pyridine rings is 1. The lowest BCUT2D eigenvalue weighted by Crippen LogP contribution is -2.32. The van der Waals surface area contributed by atoms with Gasteiger partial charge in [0.15, 0.2) is 0 Å². The normalized spacial score (nSPS) is 14.3. The first-order valence-corrected chi connectivity index (χ1v) is 8.79. The monoisotopic (exact) mass is 359 g/mol. The second-order valence-corrected chi connectivity index (χ2v) is 7.64. The molecule has 0 bridgehead atoms. The number of esters is 1. The van der Waals surface area contributed by atoms with Crippen LogP contribution in [0.5, 0.6) is 0 Å². The van der Waals surface area contributed by atoms with Crippen LogP contribution in [0.2, 0.25) is 0 Å². The first-order chi connectivity index (χ1) is 12.2. The van der Waals surface area contributed by atoms with Crippen LogP contribution in [0.25, 0.3) is 5.65 Å². The predicted octanol–water partition coefficient (Wildman–Crippen LogP) is 2.95. The van der Waals surface area contributed by atoms with Gasteiger partial charge in [0.1, 0.15) is 11.2 Å². The molecule has 0 unspecified atom stereocenters. The van der Waals surface area contributed by atoms with Crippen molar-refractivity contribution in [1.82, 2.24) is 14.7 Å². The maximum Gasteiger partial charge on any atom is 0.407 e. The highest BCUT2D eigenvalue weighted by molar-refractivity contribution is 5.75. The lowest BCUT2D eigenvalue weighted by atomic mass is 10.1. The molecule has 1 fully saturated rings. The average molecular weight is 359 g/mol. The number of alkyl carbamates (subject to hydrolysis) is 1. The SMILES string of the molecule is COC(=O)Cc1cc(C2CC2)cn2cc(CNC(=O)OC(C)(C)C)nc12. The Morgan fingerprint density at radius 2 is 2.04 bits per heavy atom. The van der Waals surface area contributed by atoms with Crippen molar-refractivity contribution in [2.24, 2.45) is 0 Å². The molecule has 1 amide bonds. The number of methoxy groups -OCH3 is 1. The number of hydrogen-bond donors (Lipinski definition) is 1. The van der Waals surface area contributed by atoms with Crippen molar-refractivity contribution in [3.05, 3.63) is 35.3 Å². The van der Waals surface area contributed by atoms with Gasteiger partial charge >= 0.3 is 12.1 Å². The van der Waals surface area contributed by atoms with E-state index >= 15 is 0 Å². The van der Waals surface area contributed by atoms with Crippen LogP contribution < -0.4 is 5.32 Å². The lowest BCUT2D eigenvalue weighted by Gasteiger charge is -2.19. The van der Waals surface area contributed by atoms with E-state index in [0.717, 1.165) is 5.56 Å². The number of nitrogens with zero attached hydrogens (tertiary/aromatic N) is 2. The van der Waals surface area contributed by atoms with Gasteiger partial charge in [-0.15, -0.1) is 0 Å². The van der Waals surface area contributed by atoms with Crippen LogP contribution in [0.4, 0.5) is 4.79 Å². The molecule has 7 heteroatoms. The van der Waals surface area contributed by atoms with E-state index in [0.29, 0.717) is 17.3 Å². The Labute approximate surface area is 152 Å². The molecule has 0 radical (unpaired) electrons. The molecule has 2 aromatic rings. The maximum atomic E-state index is 11.8. The number of aromatic nitrogens is 2. The Kier molecular flexibility index (Phi) is 4.89. The van der Waals surface area contributed by atoms with Gasteiger partial charge in [-0.25, -0.2) is 9.78 Å². The summed E-state index contributed by atoms with van der Waals surface area (Å²) in [7, 11) is 1.38. The van der Waals surface area contributed by atoms with Crippen LogP contribution >= 0.6 is 0 Å². The summed E-state index contributed by atoms with van der Waals surface area (Å²) >= 11 is 0. The van der Waals surface area contributed by atoms with Gasteiger partial charge in [0.05, 0.1) is 25.8 Å². The molecule has 1 aliphatic rings. The molecule has 0 saturated heterocycles. The van der Waals surface area contributed by atoms with Crippen molar-refractivity contribution in [2.75, 3.05) is 7.11 Å². The molecule has 2 heterocycles. The maximum absolute atomic E-state index is 11.8. The molecule has 1 aliphatic carbocycles. The topological polar surface area (TPSA) is 81.9 Å². The first kappa shape index (κ1) is 18.2. The number of rotatable bonds is 5. The lowest BCUT2D eigenvalue weighted by molar-refractivity contribution is -0.139. The molecule has 3 rings (SSSR count). The zero-order valence-electron chi connectivity index (χ0n) is 15.7. The minimum atomic E-state index is -0.546. The summed E-state index contributed by atoms with van der Waals surface area (Å²) in [5.74, 6) is 0.262. The molecule has 1 saturated carbocycles. The highest BCUT2D eigenvalue weighted by Gasteiger charge is 2.25. The molecule has 7 nitrogen and oxygen atoms in total. The Morgan fingerprint density at radius 1 is 1.31 bits per heavy atom. The molecule has 0 aliphatic heterocycles. The summed E-state index contributed by atoms with van der Waals surface area (Å²) in [6.07, 6.45) is 5.96. The van der Waals surface area contributed by atoms with Gasteiger partial charge in [-0.3, -0.25) is 4.79 Å². The molecular formula is C19H25N3O4. The number of fused-ring (bicyclic) bond motifs is 1. The zero-order chi connectivity index (χ0) is 18.9. The molecule has 2 aromatic heterocycles. The number of hydrogen-bond acceptors (Lipinski definition) is 5. The van der Waals surface area contributed by atoms with E-state index in [1.165, 1.54) is 25.5 Å². The Hall–Kier alpha value is -2.57. The number of amides is 1. The fourth-order valence-electron chi connectivity index (χ4n) is 2.80. The third-order valence-electron chi connectivity index (χ3n) is 4.12. The van der Waals surface area contributed by atoms with Crippen LogP contribution in [-0.4, -0.2) is 34.2 Å². The number of carbonyl (C=O) groups excluding carboxylic acids is 2. The Balaban J connectivity index is 1.81. The smallest absolute Gasteiger partial charge is 0.407 e.